The van der Waals surface area contributed by atoms with Crippen molar-refractivity contribution < 1.29 is 8.91 Å². The second kappa shape index (κ2) is 6.39. The molecule has 2 aromatic carbocycles. The minimum atomic E-state index is -0.244. The maximum atomic E-state index is 12.8. The monoisotopic (exact) mass is 297 g/mol. The van der Waals surface area contributed by atoms with Gasteiger partial charge in [-0.3, -0.25) is 0 Å². The number of hydrogen-bond donors (Lipinski definition) is 1. The van der Waals surface area contributed by atoms with Crippen LogP contribution in [0.2, 0.25) is 0 Å². The summed E-state index contributed by atoms with van der Waals surface area (Å²) in [6, 6.07) is 14.1. The molecule has 112 valence electrons. The van der Waals surface area contributed by atoms with Crippen molar-refractivity contribution in [1.82, 2.24) is 10.1 Å². The van der Waals surface area contributed by atoms with Gasteiger partial charge < -0.3 is 9.84 Å². The fraction of sp³-hybridized carbons (Fsp3) is 0.176. The number of hydrogen-bond acceptors (Lipinski definition) is 4. The maximum absolute atomic E-state index is 12.8. The highest BCUT2D eigenvalue weighted by Gasteiger charge is 2.10. The zero-order valence-corrected chi connectivity index (χ0v) is 12.2. The smallest absolute Gasteiger partial charge is 0.258 e. The quantitative estimate of drug-likeness (QED) is 0.777. The Morgan fingerprint density at radius 3 is 2.64 bits per heavy atom. The topological polar surface area (TPSA) is 51.0 Å². The number of halogens is 1. The van der Waals surface area contributed by atoms with Gasteiger partial charge in [-0.05, 0) is 42.8 Å². The van der Waals surface area contributed by atoms with E-state index in [-0.39, 0.29) is 5.82 Å². The molecular weight excluding hydrogens is 281 g/mol. The summed E-state index contributed by atoms with van der Waals surface area (Å²) in [5.41, 5.74) is 2.92. The number of anilines is 1. The van der Waals surface area contributed by atoms with Gasteiger partial charge in [0.2, 0.25) is 0 Å². The number of nitrogens with one attached hydrogen (secondary N) is 1. The first kappa shape index (κ1) is 14.3. The van der Waals surface area contributed by atoms with Crippen LogP contribution in [0.1, 0.15) is 11.4 Å². The van der Waals surface area contributed by atoms with Crippen LogP contribution >= 0.6 is 0 Å². The van der Waals surface area contributed by atoms with E-state index in [4.69, 9.17) is 4.52 Å². The summed E-state index contributed by atoms with van der Waals surface area (Å²) in [5.74, 6) is 0.939. The first-order chi connectivity index (χ1) is 10.7. The Hall–Kier alpha value is -2.69. The second-order valence-corrected chi connectivity index (χ2v) is 5.01. The number of rotatable bonds is 5. The zero-order chi connectivity index (χ0) is 15.4. The first-order valence-corrected chi connectivity index (χ1v) is 7.10. The van der Waals surface area contributed by atoms with Gasteiger partial charge in [-0.15, -0.1) is 0 Å². The lowest BCUT2D eigenvalue weighted by Gasteiger charge is -2.03. The van der Waals surface area contributed by atoms with Crippen LogP contribution in [0.4, 0.5) is 10.1 Å². The molecule has 5 heteroatoms. The fourth-order valence-corrected chi connectivity index (χ4v) is 2.16. The third kappa shape index (κ3) is 3.31. The second-order valence-electron chi connectivity index (χ2n) is 5.01. The van der Waals surface area contributed by atoms with Crippen molar-refractivity contribution >= 4 is 5.69 Å². The van der Waals surface area contributed by atoms with Gasteiger partial charge in [0, 0.05) is 24.2 Å². The largest absolute Gasteiger partial charge is 0.385 e. The van der Waals surface area contributed by atoms with E-state index in [0.717, 1.165) is 16.8 Å². The van der Waals surface area contributed by atoms with Gasteiger partial charge in [0.05, 0.1) is 0 Å². The van der Waals surface area contributed by atoms with Crippen LogP contribution in [-0.2, 0) is 6.42 Å². The summed E-state index contributed by atoms with van der Waals surface area (Å²) in [5, 5.41) is 7.19. The Morgan fingerprint density at radius 1 is 1.09 bits per heavy atom. The summed E-state index contributed by atoms with van der Waals surface area (Å²) in [6.07, 6.45) is 0.632. The number of aromatic nitrogens is 2. The third-order valence-corrected chi connectivity index (χ3v) is 3.37. The van der Waals surface area contributed by atoms with Gasteiger partial charge in [0.15, 0.2) is 5.82 Å². The molecule has 0 unspecified atom stereocenters. The summed E-state index contributed by atoms with van der Waals surface area (Å²) < 4.78 is 18.1. The molecule has 0 fully saturated rings. The Morgan fingerprint density at radius 2 is 1.86 bits per heavy atom. The van der Waals surface area contributed by atoms with Gasteiger partial charge in [-0.1, -0.05) is 23.4 Å². The highest BCUT2D eigenvalue weighted by atomic mass is 19.1. The molecule has 3 rings (SSSR count). The van der Waals surface area contributed by atoms with E-state index in [0.29, 0.717) is 24.7 Å². The molecule has 0 aliphatic carbocycles. The fourth-order valence-electron chi connectivity index (χ4n) is 2.16. The van der Waals surface area contributed by atoms with Crippen molar-refractivity contribution in [1.29, 1.82) is 0 Å². The predicted molar refractivity (Wildman–Crippen MR) is 83.1 cm³/mol. The van der Waals surface area contributed by atoms with Crippen LogP contribution in [0.3, 0.4) is 0 Å². The van der Waals surface area contributed by atoms with Crippen molar-refractivity contribution in [2.45, 2.75) is 13.3 Å². The Bertz CT molecular complexity index is 753. The van der Waals surface area contributed by atoms with Crippen molar-refractivity contribution in [3.63, 3.8) is 0 Å². The molecule has 0 spiro atoms. The summed E-state index contributed by atoms with van der Waals surface area (Å²) in [4.78, 5) is 4.41. The molecule has 1 aromatic heterocycles. The minimum Gasteiger partial charge on any atom is -0.385 e. The first-order valence-electron chi connectivity index (χ1n) is 7.10. The van der Waals surface area contributed by atoms with E-state index < -0.39 is 0 Å². The summed E-state index contributed by atoms with van der Waals surface area (Å²) in [6.45, 7) is 2.66. The maximum Gasteiger partial charge on any atom is 0.258 e. The number of nitrogens with zero attached hydrogens (tertiary/aromatic N) is 2. The SMILES string of the molecule is Cc1ccccc1-c1nc(CCNc2ccc(F)cc2)no1. The molecule has 1 heterocycles. The summed E-state index contributed by atoms with van der Waals surface area (Å²) >= 11 is 0. The van der Waals surface area contributed by atoms with Crippen LogP contribution in [0.5, 0.6) is 0 Å². The van der Waals surface area contributed by atoms with E-state index in [1.807, 2.05) is 31.2 Å². The molecule has 0 saturated heterocycles. The average Bonchev–Trinajstić information content (AvgIpc) is 2.98. The highest BCUT2D eigenvalue weighted by Crippen LogP contribution is 2.21. The number of aryl methyl sites for hydroxylation is 1. The Balaban J connectivity index is 1.60. The van der Waals surface area contributed by atoms with E-state index in [9.17, 15) is 4.39 Å². The van der Waals surface area contributed by atoms with Gasteiger partial charge >= 0.3 is 0 Å². The predicted octanol–water partition coefficient (Wildman–Crippen LogP) is 3.84. The van der Waals surface area contributed by atoms with Crippen molar-refractivity contribution in [2.24, 2.45) is 0 Å². The van der Waals surface area contributed by atoms with Crippen LogP contribution in [0.15, 0.2) is 53.1 Å². The molecule has 0 radical (unpaired) electrons. The molecule has 0 bridgehead atoms. The Kier molecular flexibility index (Phi) is 4.14. The molecule has 22 heavy (non-hydrogen) atoms. The van der Waals surface area contributed by atoms with Gasteiger partial charge in [-0.25, -0.2) is 4.39 Å². The molecule has 3 aromatic rings. The lowest BCUT2D eigenvalue weighted by Crippen LogP contribution is -2.05. The lowest BCUT2D eigenvalue weighted by atomic mass is 10.1. The van der Waals surface area contributed by atoms with Crippen LogP contribution in [0.25, 0.3) is 11.5 Å². The van der Waals surface area contributed by atoms with E-state index >= 15 is 0 Å². The molecule has 0 aliphatic heterocycles. The molecular formula is C17H16FN3O. The molecule has 0 amide bonds. The van der Waals surface area contributed by atoms with Crippen LogP contribution in [0, 0.1) is 12.7 Å². The molecule has 4 nitrogen and oxygen atoms in total. The molecule has 0 saturated carbocycles. The Labute approximate surface area is 128 Å². The molecule has 0 atom stereocenters. The van der Waals surface area contributed by atoms with Gasteiger partial charge in [0.1, 0.15) is 5.82 Å². The zero-order valence-electron chi connectivity index (χ0n) is 12.2. The van der Waals surface area contributed by atoms with Crippen LogP contribution < -0.4 is 5.32 Å². The van der Waals surface area contributed by atoms with Crippen molar-refractivity contribution in [3.05, 3.63) is 65.7 Å². The molecule has 1 N–H and O–H groups in total. The normalized spacial score (nSPS) is 10.6. The van der Waals surface area contributed by atoms with Crippen molar-refractivity contribution in [3.8, 4) is 11.5 Å². The van der Waals surface area contributed by atoms with Gasteiger partial charge in [0.25, 0.3) is 5.89 Å². The highest BCUT2D eigenvalue weighted by molar-refractivity contribution is 5.57. The van der Waals surface area contributed by atoms with Gasteiger partial charge in [-0.2, -0.15) is 4.98 Å². The minimum absolute atomic E-state index is 0.244. The average molecular weight is 297 g/mol. The standard InChI is InChI=1S/C17H16FN3O/c1-12-4-2-3-5-15(12)17-20-16(21-22-17)10-11-19-14-8-6-13(18)7-9-14/h2-9,19H,10-11H2,1H3. The number of benzene rings is 2. The van der Waals surface area contributed by atoms with Crippen molar-refractivity contribution in [2.75, 3.05) is 11.9 Å². The third-order valence-electron chi connectivity index (χ3n) is 3.37. The lowest BCUT2D eigenvalue weighted by molar-refractivity contribution is 0.422. The summed E-state index contributed by atoms with van der Waals surface area (Å²) in [7, 11) is 0. The van der Waals surface area contributed by atoms with E-state index in [1.165, 1.54) is 12.1 Å². The molecule has 0 aliphatic rings. The van der Waals surface area contributed by atoms with E-state index in [1.54, 1.807) is 12.1 Å². The van der Waals surface area contributed by atoms with E-state index in [2.05, 4.69) is 15.5 Å². The van der Waals surface area contributed by atoms with Crippen LogP contribution in [-0.4, -0.2) is 16.7 Å².